The summed E-state index contributed by atoms with van der Waals surface area (Å²) in [5.74, 6) is 1.05. The predicted molar refractivity (Wildman–Crippen MR) is 111 cm³/mol. The van der Waals surface area contributed by atoms with Crippen LogP contribution in [0.5, 0.6) is 34.5 Å². The molecule has 0 aliphatic rings. The van der Waals surface area contributed by atoms with E-state index < -0.39 is 0 Å². The lowest BCUT2D eigenvalue weighted by molar-refractivity contribution is 0.299. The van der Waals surface area contributed by atoms with Crippen LogP contribution in [-0.2, 0) is 0 Å². The van der Waals surface area contributed by atoms with Crippen molar-refractivity contribution in [3.05, 3.63) is 48.5 Å². The Morgan fingerprint density at radius 2 is 1.48 bits per heavy atom. The van der Waals surface area contributed by atoms with Crippen molar-refractivity contribution in [2.45, 2.75) is 13.3 Å². The average molecular weight is 396 g/mol. The number of phenolic OH excluding ortho intramolecular Hbond substituents is 3. The minimum absolute atomic E-state index is 0.0287. The second-order valence-electron chi connectivity index (χ2n) is 6.46. The molecule has 152 valence electrons. The molecule has 0 aromatic heterocycles. The normalized spacial score (nSPS) is 10.6. The topological polar surface area (TPSA) is 88.4 Å². The minimum atomic E-state index is -0.114. The number of hydrogen-bond acceptors (Lipinski definition) is 6. The first kappa shape index (κ1) is 20.2. The van der Waals surface area contributed by atoms with Crippen molar-refractivity contribution in [2.75, 3.05) is 20.8 Å². The summed E-state index contributed by atoms with van der Waals surface area (Å²) in [4.78, 5) is 0. The Labute approximate surface area is 169 Å². The van der Waals surface area contributed by atoms with E-state index in [0.717, 1.165) is 12.0 Å². The third-order valence-electron chi connectivity index (χ3n) is 4.53. The van der Waals surface area contributed by atoms with E-state index >= 15 is 0 Å². The van der Waals surface area contributed by atoms with Gasteiger partial charge in [-0.1, -0.05) is 25.1 Å². The fraction of sp³-hybridized carbons (Fsp3) is 0.217. The molecule has 6 heteroatoms. The lowest BCUT2D eigenvalue weighted by Crippen LogP contribution is -1.97. The van der Waals surface area contributed by atoms with Crippen LogP contribution in [-0.4, -0.2) is 36.1 Å². The zero-order valence-corrected chi connectivity index (χ0v) is 16.6. The van der Waals surface area contributed by atoms with Gasteiger partial charge in [-0.3, -0.25) is 0 Å². The summed E-state index contributed by atoms with van der Waals surface area (Å²) < 4.78 is 16.5. The molecule has 6 nitrogen and oxygen atoms in total. The molecule has 0 aliphatic carbocycles. The molecule has 0 radical (unpaired) electrons. The molecule has 3 N–H and O–H groups in total. The summed E-state index contributed by atoms with van der Waals surface area (Å²) in [5, 5.41) is 30.8. The molecule has 3 aromatic carbocycles. The maximum atomic E-state index is 11.0. The van der Waals surface area contributed by atoms with E-state index in [4.69, 9.17) is 14.2 Å². The molecule has 0 amide bonds. The molecule has 29 heavy (non-hydrogen) atoms. The van der Waals surface area contributed by atoms with Gasteiger partial charge in [0.2, 0.25) is 0 Å². The Morgan fingerprint density at radius 3 is 2.07 bits per heavy atom. The molecule has 3 aromatic rings. The van der Waals surface area contributed by atoms with Gasteiger partial charge in [0.25, 0.3) is 0 Å². The smallest absolute Gasteiger partial charge is 0.170 e. The van der Waals surface area contributed by atoms with Crippen LogP contribution in [0.2, 0.25) is 0 Å². The first-order valence-corrected chi connectivity index (χ1v) is 9.23. The highest BCUT2D eigenvalue weighted by molar-refractivity contribution is 5.88. The summed E-state index contributed by atoms with van der Waals surface area (Å²) in [7, 11) is 2.97. The van der Waals surface area contributed by atoms with Crippen LogP contribution in [0.3, 0.4) is 0 Å². The standard InChI is InChI=1S/C23H24O6/c1-4-11-29-19-10-7-15(12-18(19)25)21-20(27-2)13-17(23(28-3)22(21)26)14-5-8-16(24)9-6-14/h5-10,12-13,24-26H,4,11H2,1-3H3. The number of phenols is 3. The third-order valence-corrected chi connectivity index (χ3v) is 4.53. The molecule has 0 heterocycles. The van der Waals surface area contributed by atoms with E-state index in [1.807, 2.05) is 6.92 Å². The molecular formula is C23H24O6. The maximum Gasteiger partial charge on any atom is 0.170 e. The Balaban J connectivity index is 2.15. The van der Waals surface area contributed by atoms with Crippen molar-refractivity contribution in [1.82, 2.24) is 0 Å². The van der Waals surface area contributed by atoms with Gasteiger partial charge in [-0.05, 0) is 47.9 Å². The monoisotopic (exact) mass is 396 g/mol. The molecule has 0 spiro atoms. The first-order chi connectivity index (χ1) is 14.0. The van der Waals surface area contributed by atoms with Crippen molar-refractivity contribution in [2.24, 2.45) is 0 Å². The Morgan fingerprint density at radius 1 is 0.793 bits per heavy atom. The van der Waals surface area contributed by atoms with Crippen molar-refractivity contribution in [3.63, 3.8) is 0 Å². The van der Waals surface area contributed by atoms with Gasteiger partial charge in [0, 0.05) is 5.56 Å². The summed E-state index contributed by atoms with van der Waals surface area (Å²) in [5.41, 5.74) is 2.30. The van der Waals surface area contributed by atoms with Gasteiger partial charge < -0.3 is 29.5 Å². The van der Waals surface area contributed by atoms with Crippen LogP contribution in [0.1, 0.15) is 13.3 Å². The SMILES string of the molecule is CCCOc1ccc(-c2c(OC)cc(-c3ccc(O)cc3)c(OC)c2O)cc1O. The van der Waals surface area contributed by atoms with Gasteiger partial charge in [0.15, 0.2) is 23.0 Å². The van der Waals surface area contributed by atoms with Gasteiger partial charge in [-0.15, -0.1) is 0 Å². The zero-order chi connectivity index (χ0) is 21.0. The number of methoxy groups -OCH3 is 2. The molecule has 0 fully saturated rings. The number of hydrogen-bond donors (Lipinski definition) is 3. The highest BCUT2D eigenvalue weighted by atomic mass is 16.5. The molecule has 0 saturated heterocycles. The van der Waals surface area contributed by atoms with Gasteiger partial charge in [0.05, 0.1) is 26.4 Å². The second kappa shape index (κ2) is 8.65. The number of aromatic hydroxyl groups is 3. The van der Waals surface area contributed by atoms with Crippen LogP contribution in [0.15, 0.2) is 48.5 Å². The molecular weight excluding hydrogens is 372 g/mol. The summed E-state index contributed by atoms with van der Waals surface area (Å²) in [6.07, 6.45) is 0.825. The summed E-state index contributed by atoms with van der Waals surface area (Å²) in [6.45, 7) is 2.48. The van der Waals surface area contributed by atoms with Crippen molar-refractivity contribution < 1.29 is 29.5 Å². The van der Waals surface area contributed by atoms with E-state index in [0.29, 0.717) is 34.8 Å². The van der Waals surface area contributed by atoms with E-state index in [9.17, 15) is 15.3 Å². The summed E-state index contributed by atoms with van der Waals surface area (Å²) in [6, 6.07) is 13.2. The second-order valence-corrected chi connectivity index (χ2v) is 6.46. The Kier molecular flexibility index (Phi) is 6.02. The van der Waals surface area contributed by atoms with Crippen LogP contribution in [0.4, 0.5) is 0 Å². The van der Waals surface area contributed by atoms with E-state index in [1.54, 1.807) is 42.5 Å². The largest absolute Gasteiger partial charge is 0.508 e. The van der Waals surface area contributed by atoms with Crippen LogP contribution >= 0.6 is 0 Å². The quantitative estimate of drug-likeness (QED) is 0.524. The Bertz CT molecular complexity index is 995. The van der Waals surface area contributed by atoms with Gasteiger partial charge >= 0.3 is 0 Å². The average Bonchev–Trinajstić information content (AvgIpc) is 2.72. The van der Waals surface area contributed by atoms with Crippen LogP contribution < -0.4 is 14.2 Å². The number of benzene rings is 3. The van der Waals surface area contributed by atoms with Crippen LogP contribution in [0.25, 0.3) is 22.3 Å². The lowest BCUT2D eigenvalue weighted by atomic mass is 9.96. The molecule has 0 saturated carbocycles. The molecule has 0 aliphatic heterocycles. The fourth-order valence-corrected chi connectivity index (χ4v) is 3.14. The highest BCUT2D eigenvalue weighted by Crippen LogP contribution is 2.50. The van der Waals surface area contributed by atoms with E-state index in [2.05, 4.69) is 0 Å². The highest BCUT2D eigenvalue weighted by Gasteiger charge is 2.22. The van der Waals surface area contributed by atoms with Crippen molar-refractivity contribution >= 4 is 0 Å². The summed E-state index contributed by atoms with van der Waals surface area (Å²) >= 11 is 0. The van der Waals surface area contributed by atoms with E-state index in [1.165, 1.54) is 20.3 Å². The third kappa shape index (κ3) is 4.01. The molecule has 0 bridgehead atoms. The van der Waals surface area contributed by atoms with Gasteiger partial charge in [0.1, 0.15) is 11.5 Å². The fourth-order valence-electron chi connectivity index (χ4n) is 3.14. The lowest BCUT2D eigenvalue weighted by Gasteiger charge is -2.18. The number of ether oxygens (including phenoxy) is 3. The first-order valence-electron chi connectivity index (χ1n) is 9.23. The van der Waals surface area contributed by atoms with E-state index in [-0.39, 0.29) is 23.0 Å². The minimum Gasteiger partial charge on any atom is -0.508 e. The van der Waals surface area contributed by atoms with Gasteiger partial charge in [-0.2, -0.15) is 0 Å². The maximum absolute atomic E-state index is 11.0. The van der Waals surface area contributed by atoms with Crippen LogP contribution in [0, 0.1) is 0 Å². The molecule has 0 unspecified atom stereocenters. The molecule has 0 atom stereocenters. The Hall–Kier alpha value is -3.54. The van der Waals surface area contributed by atoms with Gasteiger partial charge in [-0.25, -0.2) is 0 Å². The van der Waals surface area contributed by atoms with Crippen molar-refractivity contribution in [1.29, 1.82) is 0 Å². The zero-order valence-electron chi connectivity index (χ0n) is 16.6. The predicted octanol–water partition coefficient (Wildman–Crippen LogP) is 4.94. The number of rotatable bonds is 7. The molecule has 3 rings (SSSR count). The van der Waals surface area contributed by atoms with Crippen molar-refractivity contribution in [3.8, 4) is 56.8 Å².